The minimum atomic E-state index is -0.0861. The lowest BCUT2D eigenvalue weighted by molar-refractivity contribution is 0.0936. The van der Waals surface area contributed by atoms with Crippen molar-refractivity contribution in [1.29, 1.82) is 0 Å². The summed E-state index contributed by atoms with van der Waals surface area (Å²) in [5.41, 5.74) is 2.97. The summed E-state index contributed by atoms with van der Waals surface area (Å²) in [7, 11) is 0. The van der Waals surface area contributed by atoms with Gasteiger partial charge in [0.25, 0.3) is 5.91 Å². The van der Waals surface area contributed by atoms with Gasteiger partial charge in [-0.15, -0.1) is 11.3 Å². The topological polar surface area (TPSA) is 63.1 Å². The minimum Gasteiger partial charge on any atom is -0.352 e. The number of amides is 1. The van der Waals surface area contributed by atoms with Gasteiger partial charge < -0.3 is 5.32 Å². The lowest BCUT2D eigenvalue weighted by Gasteiger charge is -2.31. The Morgan fingerprint density at radius 3 is 2.64 bits per heavy atom. The number of nitrogens with zero attached hydrogens (tertiary/aromatic N) is 4. The number of nitrogens with one attached hydrogen (secondary N) is 1. The maximum Gasteiger partial charge on any atom is 0.255 e. The van der Waals surface area contributed by atoms with Crippen molar-refractivity contribution in [3.63, 3.8) is 0 Å². The summed E-state index contributed by atoms with van der Waals surface area (Å²) in [4.78, 5) is 21.3. The van der Waals surface area contributed by atoms with Gasteiger partial charge in [0.15, 0.2) is 0 Å². The molecule has 168 valence electrons. The molecule has 1 N–H and O–H groups in total. The van der Waals surface area contributed by atoms with Crippen molar-refractivity contribution >= 4 is 17.2 Å². The summed E-state index contributed by atoms with van der Waals surface area (Å²) in [6, 6.07) is 18.0. The molecule has 0 radical (unpaired) electrons. The molecule has 5 rings (SSSR count). The fraction of sp³-hybridized carbons (Fsp3) is 0.269. The molecule has 1 aromatic carbocycles. The summed E-state index contributed by atoms with van der Waals surface area (Å²) >= 11 is 1.82. The number of thiophene rings is 1. The molecule has 1 aliphatic rings. The number of hydrogen-bond donors (Lipinski definition) is 1. The SMILES string of the molecule is O=C(NCC1CCN(Cc2cccs2)CC1)c1cn(-c2ccccc2)nc1-c1cccnc1. The summed E-state index contributed by atoms with van der Waals surface area (Å²) < 4.78 is 1.76. The number of hydrogen-bond acceptors (Lipinski definition) is 5. The highest BCUT2D eigenvalue weighted by molar-refractivity contribution is 7.09. The minimum absolute atomic E-state index is 0.0861. The van der Waals surface area contributed by atoms with E-state index in [1.807, 2.05) is 60.0 Å². The molecule has 0 saturated carbocycles. The van der Waals surface area contributed by atoms with Gasteiger partial charge in [0.05, 0.1) is 11.3 Å². The molecule has 0 atom stereocenters. The molecular formula is C26H27N5OS. The van der Waals surface area contributed by atoms with Gasteiger partial charge in [-0.05, 0) is 67.6 Å². The molecule has 33 heavy (non-hydrogen) atoms. The van der Waals surface area contributed by atoms with Crippen molar-refractivity contribution in [3.05, 3.63) is 89.0 Å². The second-order valence-electron chi connectivity index (χ2n) is 8.42. The number of pyridine rings is 1. The number of aromatic nitrogens is 3. The maximum atomic E-state index is 13.2. The van der Waals surface area contributed by atoms with Crippen LogP contribution in [0.5, 0.6) is 0 Å². The average molecular weight is 458 g/mol. The maximum absolute atomic E-state index is 13.2. The Labute approximate surface area is 197 Å². The molecule has 4 aromatic rings. The van der Waals surface area contributed by atoms with Crippen LogP contribution in [0.3, 0.4) is 0 Å². The van der Waals surface area contributed by atoms with Crippen molar-refractivity contribution in [2.45, 2.75) is 19.4 Å². The molecule has 0 aliphatic carbocycles. The first-order valence-corrected chi connectivity index (χ1v) is 12.2. The first-order valence-electron chi connectivity index (χ1n) is 11.3. The molecule has 7 heteroatoms. The zero-order valence-corrected chi connectivity index (χ0v) is 19.2. The summed E-state index contributed by atoms with van der Waals surface area (Å²) in [5.74, 6) is 0.414. The van der Waals surface area contributed by atoms with Gasteiger partial charge in [-0.25, -0.2) is 4.68 Å². The number of likely N-dealkylation sites (tertiary alicyclic amines) is 1. The second-order valence-corrected chi connectivity index (χ2v) is 9.45. The summed E-state index contributed by atoms with van der Waals surface area (Å²) in [6.45, 7) is 3.87. The smallest absolute Gasteiger partial charge is 0.255 e. The van der Waals surface area contributed by atoms with Gasteiger partial charge in [-0.3, -0.25) is 14.7 Å². The van der Waals surface area contributed by atoms with E-state index in [1.165, 1.54) is 4.88 Å². The van der Waals surface area contributed by atoms with Crippen LogP contribution < -0.4 is 5.32 Å². The number of carbonyl (C=O) groups is 1. The van der Waals surface area contributed by atoms with Crippen LogP contribution in [-0.4, -0.2) is 45.2 Å². The van der Waals surface area contributed by atoms with E-state index in [9.17, 15) is 4.79 Å². The molecule has 0 unspecified atom stereocenters. The Balaban J connectivity index is 1.25. The largest absolute Gasteiger partial charge is 0.352 e. The van der Waals surface area contributed by atoms with Crippen LogP contribution in [0.25, 0.3) is 16.9 Å². The lowest BCUT2D eigenvalue weighted by atomic mass is 9.96. The molecule has 1 amide bonds. The fourth-order valence-electron chi connectivity index (χ4n) is 4.27. The van der Waals surface area contributed by atoms with E-state index in [0.29, 0.717) is 23.7 Å². The van der Waals surface area contributed by atoms with Crippen molar-refractivity contribution in [2.75, 3.05) is 19.6 Å². The first kappa shape index (κ1) is 21.6. The van der Waals surface area contributed by atoms with Crippen LogP contribution in [0.15, 0.2) is 78.6 Å². The standard InChI is InChI=1S/C26H27N5OS/c32-26(28-16-20-10-13-30(14-11-20)18-23-9-5-15-33-23)24-19-31(22-7-2-1-3-8-22)29-25(24)21-6-4-12-27-17-21/h1-9,12,15,17,19-20H,10-11,13-14,16,18H2,(H,28,32). The van der Waals surface area contributed by atoms with Gasteiger partial charge in [-0.2, -0.15) is 5.10 Å². The highest BCUT2D eigenvalue weighted by atomic mass is 32.1. The zero-order valence-electron chi connectivity index (χ0n) is 18.4. The lowest BCUT2D eigenvalue weighted by Crippen LogP contribution is -2.38. The van der Waals surface area contributed by atoms with Crippen LogP contribution in [0.1, 0.15) is 28.1 Å². The highest BCUT2D eigenvalue weighted by Crippen LogP contribution is 2.24. The normalized spacial score (nSPS) is 14.9. The van der Waals surface area contributed by atoms with Gasteiger partial charge in [0.1, 0.15) is 5.69 Å². The summed E-state index contributed by atoms with van der Waals surface area (Å²) in [5, 5.41) is 10.0. The third-order valence-electron chi connectivity index (χ3n) is 6.13. The molecule has 0 spiro atoms. The third kappa shape index (κ3) is 5.21. The van der Waals surface area contributed by atoms with Crippen LogP contribution in [0.2, 0.25) is 0 Å². The highest BCUT2D eigenvalue weighted by Gasteiger charge is 2.23. The molecule has 3 aromatic heterocycles. The van der Waals surface area contributed by atoms with Gasteiger partial charge in [-0.1, -0.05) is 24.3 Å². The number of para-hydroxylation sites is 1. The number of piperidine rings is 1. The van der Waals surface area contributed by atoms with Crippen molar-refractivity contribution in [3.8, 4) is 16.9 Å². The van der Waals surface area contributed by atoms with Crippen molar-refractivity contribution in [2.24, 2.45) is 5.92 Å². The van der Waals surface area contributed by atoms with E-state index in [1.54, 1.807) is 17.1 Å². The Kier molecular flexibility index (Phi) is 6.60. The molecule has 1 fully saturated rings. The van der Waals surface area contributed by atoms with E-state index >= 15 is 0 Å². The molecule has 0 bridgehead atoms. The van der Waals surface area contributed by atoms with E-state index < -0.39 is 0 Å². The number of carbonyl (C=O) groups excluding carboxylic acids is 1. The van der Waals surface area contributed by atoms with E-state index in [4.69, 9.17) is 5.10 Å². The molecule has 1 aliphatic heterocycles. The van der Waals surface area contributed by atoms with Crippen LogP contribution in [0.4, 0.5) is 0 Å². The molecule has 4 heterocycles. The van der Waals surface area contributed by atoms with Gasteiger partial charge >= 0.3 is 0 Å². The van der Waals surface area contributed by atoms with E-state index in [0.717, 1.165) is 43.7 Å². The van der Waals surface area contributed by atoms with Crippen molar-refractivity contribution in [1.82, 2.24) is 25.0 Å². The fourth-order valence-corrected chi connectivity index (χ4v) is 5.02. The quantitative estimate of drug-likeness (QED) is 0.439. The van der Waals surface area contributed by atoms with E-state index in [2.05, 4.69) is 32.7 Å². The van der Waals surface area contributed by atoms with Crippen LogP contribution >= 0.6 is 11.3 Å². The van der Waals surface area contributed by atoms with Crippen LogP contribution in [-0.2, 0) is 6.54 Å². The monoisotopic (exact) mass is 457 g/mol. The van der Waals surface area contributed by atoms with Gasteiger partial charge in [0, 0.05) is 42.1 Å². The third-order valence-corrected chi connectivity index (χ3v) is 6.99. The molecule has 1 saturated heterocycles. The Bertz CT molecular complexity index is 1170. The Morgan fingerprint density at radius 2 is 1.91 bits per heavy atom. The van der Waals surface area contributed by atoms with Gasteiger partial charge in [0.2, 0.25) is 0 Å². The second kappa shape index (κ2) is 10.1. The van der Waals surface area contributed by atoms with Crippen molar-refractivity contribution < 1.29 is 4.79 Å². The average Bonchev–Trinajstić information content (AvgIpc) is 3.55. The number of benzene rings is 1. The first-order chi connectivity index (χ1) is 16.3. The number of rotatable bonds is 7. The van der Waals surface area contributed by atoms with Crippen LogP contribution in [0, 0.1) is 5.92 Å². The molecular weight excluding hydrogens is 430 g/mol. The Hall–Kier alpha value is -3.29. The predicted octanol–water partition coefficient (Wildman–Crippen LogP) is 4.64. The zero-order chi connectivity index (χ0) is 22.5. The summed E-state index contributed by atoms with van der Waals surface area (Å²) in [6.07, 6.45) is 7.49. The predicted molar refractivity (Wildman–Crippen MR) is 131 cm³/mol. The molecule has 6 nitrogen and oxygen atoms in total. The Morgan fingerprint density at radius 1 is 1.06 bits per heavy atom. The van der Waals surface area contributed by atoms with E-state index in [-0.39, 0.29) is 5.91 Å².